The van der Waals surface area contributed by atoms with Crippen molar-refractivity contribution in [2.75, 3.05) is 21.3 Å². The van der Waals surface area contributed by atoms with Gasteiger partial charge in [-0.3, -0.25) is 0 Å². The SMILES string of the molecule is Br.COc1cc(CBr)cc(OC)c1OC.c1ccc(P(c2ccccc2)c2ccccc2)cc1. The van der Waals surface area contributed by atoms with Crippen LogP contribution in [0.5, 0.6) is 17.2 Å². The lowest BCUT2D eigenvalue weighted by atomic mass is 10.2. The molecule has 0 spiro atoms. The molecule has 4 rings (SSSR count). The summed E-state index contributed by atoms with van der Waals surface area (Å²) in [6.07, 6.45) is 0. The Morgan fingerprint density at radius 1 is 0.588 bits per heavy atom. The van der Waals surface area contributed by atoms with Crippen molar-refractivity contribution in [1.29, 1.82) is 0 Å². The van der Waals surface area contributed by atoms with Crippen LogP contribution in [0.1, 0.15) is 5.56 Å². The zero-order valence-corrected chi connectivity index (χ0v) is 23.7. The number of methoxy groups -OCH3 is 3. The summed E-state index contributed by atoms with van der Waals surface area (Å²) in [4.78, 5) is 0. The summed E-state index contributed by atoms with van der Waals surface area (Å²) in [5.41, 5.74) is 1.08. The molecule has 6 heteroatoms. The van der Waals surface area contributed by atoms with Crippen LogP contribution in [-0.2, 0) is 5.33 Å². The fourth-order valence-corrected chi connectivity index (χ4v) is 6.02. The minimum absolute atomic E-state index is 0. The molecule has 0 saturated carbocycles. The van der Waals surface area contributed by atoms with Gasteiger partial charge in [-0.05, 0) is 41.5 Å². The second-order valence-corrected chi connectivity index (χ2v) is 9.79. The molecule has 4 aromatic rings. The van der Waals surface area contributed by atoms with E-state index >= 15 is 0 Å². The van der Waals surface area contributed by atoms with Crippen molar-refractivity contribution in [3.05, 3.63) is 109 Å². The van der Waals surface area contributed by atoms with Gasteiger partial charge in [0, 0.05) is 5.33 Å². The monoisotopic (exact) mass is 602 g/mol. The van der Waals surface area contributed by atoms with Gasteiger partial charge < -0.3 is 14.2 Å². The van der Waals surface area contributed by atoms with Crippen molar-refractivity contribution in [3.8, 4) is 17.2 Å². The number of alkyl halides is 1. The molecule has 0 fully saturated rings. The summed E-state index contributed by atoms with van der Waals surface area (Å²) in [6.45, 7) is 0. The summed E-state index contributed by atoms with van der Waals surface area (Å²) in [5, 5.41) is 4.95. The van der Waals surface area contributed by atoms with Gasteiger partial charge in [0.25, 0.3) is 0 Å². The Hall–Kier alpha value is -2.33. The third kappa shape index (κ3) is 7.33. The average Bonchev–Trinajstić information content (AvgIpc) is 2.90. The van der Waals surface area contributed by atoms with Gasteiger partial charge in [-0.2, -0.15) is 0 Å². The van der Waals surface area contributed by atoms with Gasteiger partial charge in [0.1, 0.15) is 0 Å². The van der Waals surface area contributed by atoms with Gasteiger partial charge in [0.05, 0.1) is 21.3 Å². The van der Waals surface area contributed by atoms with Crippen LogP contribution in [0.4, 0.5) is 0 Å². The van der Waals surface area contributed by atoms with Crippen LogP contribution in [0.25, 0.3) is 0 Å². The summed E-state index contributed by atoms with van der Waals surface area (Å²) < 4.78 is 15.6. The van der Waals surface area contributed by atoms with Gasteiger partial charge in [-0.1, -0.05) is 107 Å². The molecular formula is C28H29Br2O3P. The predicted octanol–water partition coefficient (Wildman–Crippen LogP) is 6.63. The number of benzene rings is 4. The third-order valence-electron chi connectivity index (χ3n) is 4.92. The lowest BCUT2D eigenvalue weighted by molar-refractivity contribution is 0.324. The van der Waals surface area contributed by atoms with Crippen molar-refractivity contribution in [2.24, 2.45) is 0 Å². The minimum Gasteiger partial charge on any atom is -0.493 e. The Labute approximate surface area is 222 Å². The molecule has 4 aromatic carbocycles. The van der Waals surface area contributed by atoms with Crippen molar-refractivity contribution < 1.29 is 14.2 Å². The Morgan fingerprint density at radius 3 is 1.21 bits per heavy atom. The molecule has 0 amide bonds. The number of hydrogen-bond donors (Lipinski definition) is 0. The van der Waals surface area contributed by atoms with E-state index in [9.17, 15) is 0 Å². The van der Waals surface area contributed by atoms with Gasteiger partial charge in [0.2, 0.25) is 5.75 Å². The van der Waals surface area contributed by atoms with Crippen LogP contribution in [0.2, 0.25) is 0 Å². The fourth-order valence-electron chi connectivity index (χ4n) is 3.39. The summed E-state index contributed by atoms with van der Waals surface area (Å²) in [6, 6.07) is 36.2. The van der Waals surface area contributed by atoms with E-state index < -0.39 is 7.92 Å². The van der Waals surface area contributed by atoms with Crippen LogP contribution < -0.4 is 30.1 Å². The Bertz CT molecular complexity index is 991. The maximum atomic E-state index is 5.20. The Morgan fingerprint density at radius 2 is 0.941 bits per heavy atom. The lowest BCUT2D eigenvalue weighted by Crippen LogP contribution is -2.20. The van der Waals surface area contributed by atoms with Gasteiger partial charge >= 0.3 is 0 Å². The van der Waals surface area contributed by atoms with E-state index in [0.717, 1.165) is 10.9 Å². The van der Waals surface area contributed by atoms with Crippen molar-refractivity contribution in [1.82, 2.24) is 0 Å². The first-order valence-electron chi connectivity index (χ1n) is 10.5. The van der Waals surface area contributed by atoms with Crippen molar-refractivity contribution >= 4 is 56.7 Å². The molecule has 34 heavy (non-hydrogen) atoms. The molecule has 0 aliphatic carbocycles. The maximum absolute atomic E-state index is 5.20. The number of hydrogen-bond acceptors (Lipinski definition) is 3. The first-order chi connectivity index (χ1) is 16.2. The topological polar surface area (TPSA) is 27.7 Å². The molecular weight excluding hydrogens is 575 g/mol. The Balaban J connectivity index is 0.000000245. The first kappa shape index (κ1) is 27.9. The van der Waals surface area contributed by atoms with Crippen LogP contribution in [-0.4, -0.2) is 21.3 Å². The normalized spacial score (nSPS) is 9.91. The summed E-state index contributed by atoms with van der Waals surface area (Å²) in [7, 11) is 4.36. The van der Waals surface area contributed by atoms with E-state index in [-0.39, 0.29) is 17.0 Å². The van der Waals surface area contributed by atoms with E-state index in [4.69, 9.17) is 14.2 Å². The predicted molar refractivity (Wildman–Crippen MR) is 154 cm³/mol. The summed E-state index contributed by atoms with van der Waals surface area (Å²) in [5.74, 6) is 1.99. The highest BCUT2D eigenvalue weighted by molar-refractivity contribution is 9.08. The second kappa shape index (κ2) is 14.8. The molecule has 0 aliphatic rings. The maximum Gasteiger partial charge on any atom is 0.203 e. The molecule has 0 heterocycles. The summed E-state index contributed by atoms with van der Waals surface area (Å²) >= 11 is 3.38. The highest BCUT2D eigenvalue weighted by Crippen LogP contribution is 2.38. The van der Waals surface area contributed by atoms with E-state index in [2.05, 4.69) is 107 Å². The highest BCUT2D eigenvalue weighted by atomic mass is 79.9. The zero-order chi connectivity index (χ0) is 23.5. The molecule has 0 bridgehead atoms. The molecule has 0 aromatic heterocycles. The third-order valence-corrected chi connectivity index (χ3v) is 8.01. The molecule has 178 valence electrons. The number of rotatable bonds is 7. The van der Waals surface area contributed by atoms with E-state index in [1.165, 1.54) is 15.9 Å². The van der Waals surface area contributed by atoms with Crippen LogP contribution >= 0.6 is 40.8 Å². The van der Waals surface area contributed by atoms with E-state index in [0.29, 0.717) is 17.2 Å². The number of ether oxygens (including phenoxy) is 3. The van der Waals surface area contributed by atoms with Crippen molar-refractivity contribution in [2.45, 2.75) is 5.33 Å². The van der Waals surface area contributed by atoms with Crippen LogP contribution in [0.3, 0.4) is 0 Å². The van der Waals surface area contributed by atoms with Crippen LogP contribution in [0, 0.1) is 0 Å². The van der Waals surface area contributed by atoms with Crippen molar-refractivity contribution in [3.63, 3.8) is 0 Å². The molecule has 0 atom stereocenters. The average molecular weight is 604 g/mol. The first-order valence-corrected chi connectivity index (χ1v) is 13.0. The van der Waals surface area contributed by atoms with Crippen LogP contribution in [0.15, 0.2) is 103 Å². The Kier molecular flexibility index (Phi) is 12.2. The van der Waals surface area contributed by atoms with E-state index in [1.807, 2.05) is 12.1 Å². The van der Waals surface area contributed by atoms with Gasteiger partial charge in [-0.25, -0.2) is 0 Å². The molecule has 3 nitrogen and oxygen atoms in total. The standard InChI is InChI=1S/C18H15P.C10H13BrO3.BrH/c1-4-10-16(11-5-1)19(17-12-6-2-7-13-17)18-14-8-3-9-15-18;1-12-8-4-7(6-11)5-9(13-2)10(8)14-3;/h1-15H;4-5H,6H2,1-3H3;1H. The quantitative estimate of drug-likeness (QED) is 0.175. The molecule has 0 N–H and O–H groups in total. The second-order valence-electron chi connectivity index (χ2n) is 7.01. The zero-order valence-electron chi connectivity index (χ0n) is 19.5. The van der Waals surface area contributed by atoms with Gasteiger partial charge in [-0.15, -0.1) is 17.0 Å². The largest absolute Gasteiger partial charge is 0.493 e. The highest BCUT2D eigenvalue weighted by Gasteiger charge is 2.15. The molecule has 0 aliphatic heterocycles. The smallest absolute Gasteiger partial charge is 0.203 e. The molecule has 0 radical (unpaired) electrons. The fraction of sp³-hybridized carbons (Fsp3) is 0.143. The molecule has 0 unspecified atom stereocenters. The number of halogens is 2. The molecule has 0 saturated heterocycles. The van der Waals surface area contributed by atoms with E-state index in [1.54, 1.807) is 21.3 Å². The minimum atomic E-state index is -0.446. The van der Waals surface area contributed by atoms with Gasteiger partial charge in [0.15, 0.2) is 11.5 Å². The lowest BCUT2D eigenvalue weighted by Gasteiger charge is -2.18.